The third kappa shape index (κ3) is 5.71. The van der Waals surface area contributed by atoms with Crippen LogP contribution >= 0.6 is 0 Å². The third-order valence-corrected chi connectivity index (χ3v) is 6.05. The molecule has 0 fully saturated rings. The molecule has 6 nitrogen and oxygen atoms in total. The lowest BCUT2D eigenvalue weighted by Crippen LogP contribution is -2.20. The van der Waals surface area contributed by atoms with Crippen LogP contribution in [0.4, 0.5) is 11.4 Å². The van der Waals surface area contributed by atoms with Gasteiger partial charge in [0.05, 0.1) is 0 Å². The van der Waals surface area contributed by atoms with E-state index in [-0.39, 0.29) is 11.7 Å². The van der Waals surface area contributed by atoms with Gasteiger partial charge in [0.1, 0.15) is 11.7 Å². The van der Waals surface area contributed by atoms with Crippen LogP contribution in [0.25, 0.3) is 0 Å². The van der Waals surface area contributed by atoms with Crippen molar-refractivity contribution in [1.82, 2.24) is 0 Å². The van der Waals surface area contributed by atoms with E-state index in [1.54, 1.807) is 0 Å². The molecule has 3 aromatic carbocycles. The van der Waals surface area contributed by atoms with Gasteiger partial charge in [0.25, 0.3) is 0 Å². The van der Waals surface area contributed by atoms with Crippen molar-refractivity contribution < 1.29 is 0 Å². The van der Waals surface area contributed by atoms with E-state index < -0.39 is 0 Å². The van der Waals surface area contributed by atoms with Gasteiger partial charge in [-0.15, -0.1) is 0 Å². The zero-order valence-corrected chi connectivity index (χ0v) is 20.2. The number of hydrogen-bond donors (Lipinski definition) is 4. The van der Waals surface area contributed by atoms with Crippen LogP contribution in [-0.4, -0.2) is 25.8 Å². The fourth-order valence-corrected chi connectivity index (χ4v) is 3.96. The summed E-state index contributed by atoms with van der Waals surface area (Å²) >= 11 is 0. The van der Waals surface area contributed by atoms with Crippen LogP contribution in [0.15, 0.2) is 54.6 Å². The van der Waals surface area contributed by atoms with Crippen LogP contribution in [0, 0.1) is 31.6 Å². The fraction of sp³-hybridized carbons (Fsp3) is 0.259. The molecule has 6 heteroatoms. The maximum atomic E-state index is 7.64. The molecule has 172 valence electrons. The molecule has 0 bridgehead atoms. The van der Waals surface area contributed by atoms with Gasteiger partial charge in [0, 0.05) is 49.7 Å². The summed E-state index contributed by atoms with van der Waals surface area (Å²) in [5.74, 6) is 0.186. The molecule has 0 saturated carbocycles. The Labute approximate surface area is 196 Å². The highest BCUT2D eigenvalue weighted by molar-refractivity contribution is 5.95. The number of hydrogen-bond acceptors (Lipinski definition) is 4. The Bertz CT molecular complexity index is 1110. The molecule has 0 aliphatic rings. The summed E-state index contributed by atoms with van der Waals surface area (Å²) in [7, 11) is 4.20. The van der Waals surface area contributed by atoms with Crippen molar-refractivity contribution in [2.75, 3.05) is 23.9 Å². The zero-order chi connectivity index (χ0) is 24.3. The van der Waals surface area contributed by atoms with Gasteiger partial charge in [-0.25, -0.2) is 0 Å². The molecule has 33 heavy (non-hydrogen) atoms. The number of nitrogen functional groups attached to an aromatic ring is 2. The number of nitrogens with two attached hydrogens (primary N) is 2. The molecule has 3 rings (SSSR count). The van der Waals surface area contributed by atoms with Crippen LogP contribution in [-0.2, 0) is 13.1 Å². The fourth-order valence-electron chi connectivity index (χ4n) is 3.96. The first-order chi connectivity index (χ1) is 15.5. The summed E-state index contributed by atoms with van der Waals surface area (Å²) in [4.78, 5) is 4.49. The van der Waals surface area contributed by atoms with Gasteiger partial charge in [-0.1, -0.05) is 24.3 Å². The average Bonchev–Trinajstić information content (AvgIpc) is 2.75. The number of aryl methyl sites for hydroxylation is 3. The van der Waals surface area contributed by atoms with E-state index >= 15 is 0 Å². The van der Waals surface area contributed by atoms with E-state index in [0.717, 1.165) is 46.7 Å². The first-order valence-electron chi connectivity index (χ1n) is 11.0. The summed E-state index contributed by atoms with van der Waals surface area (Å²) in [5, 5.41) is 15.3. The minimum Gasteiger partial charge on any atom is -0.384 e. The number of benzene rings is 3. The maximum Gasteiger partial charge on any atom is 0.122 e. The molecular weight excluding hydrogens is 408 g/mol. The van der Waals surface area contributed by atoms with E-state index in [1.165, 1.54) is 16.7 Å². The van der Waals surface area contributed by atoms with Crippen molar-refractivity contribution in [1.29, 1.82) is 10.8 Å². The van der Waals surface area contributed by atoms with Gasteiger partial charge < -0.3 is 21.3 Å². The van der Waals surface area contributed by atoms with E-state index in [1.807, 2.05) is 24.3 Å². The molecule has 0 aliphatic heterocycles. The minimum atomic E-state index is 0.0931. The largest absolute Gasteiger partial charge is 0.384 e. The van der Waals surface area contributed by atoms with Crippen LogP contribution < -0.4 is 21.3 Å². The molecule has 0 atom stereocenters. The predicted molar refractivity (Wildman–Crippen MR) is 140 cm³/mol. The van der Waals surface area contributed by atoms with Crippen LogP contribution in [0.3, 0.4) is 0 Å². The van der Waals surface area contributed by atoms with Gasteiger partial charge in [0.2, 0.25) is 0 Å². The van der Waals surface area contributed by atoms with E-state index in [0.29, 0.717) is 0 Å². The normalized spacial score (nSPS) is 10.7. The molecular formula is C27H34N6. The second kappa shape index (κ2) is 9.77. The topological polar surface area (TPSA) is 106 Å². The lowest BCUT2D eigenvalue weighted by molar-refractivity contribution is 0.896. The Morgan fingerprint density at radius 1 is 0.667 bits per heavy atom. The Balaban J connectivity index is 1.80. The van der Waals surface area contributed by atoms with Crippen LogP contribution in [0.5, 0.6) is 0 Å². The number of nitrogens with one attached hydrogen (secondary N) is 2. The smallest absolute Gasteiger partial charge is 0.122 e. The summed E-state index contributed by atoms with van der Waals surface area (Å²) in [6.45, 7) is 7.77. The lowest BCUT2D eigenvalue weighted by Gasteiger charge is -2.26. The predicted octanol–water partition coefficient (Wildman–Crippen LogP) is 4.45. The van der Waals surface area contributed by atoms with Crippen molar-refractivity contribution in [3.63, 3.8) is 0 Å². The van der Waals surface area contributed by atoms with Crippen molar-refractivity contribution >= 4 is 23.0 Å². The molecule has 0 aromatic heterocycles. The molecule has 0 radical (unpaired) electrons. The number of anilines is 2. The van der Waals surface area contributed by atoms with Crippen molar-refractivity contribution in [2.45, 2.75) is 33.9 Å². The van der Waals surface area contributed by atoms with Gasteiger partial charge in [-0.05, 0) is 78.9 Å². The summed E-state index contributed by atoms with van der Waals surface area (Å²) in [6.07, 6.45) is 0. The lowest BCUT2D eigenvalue weighted by atomic mass is 10.0. The number of amidine groups is 2. The molecule has 0 unspecified atom stereocenters. The molecule has 3 aromatic rings. The third-order valence-electron chi connectivity index (χ3n) is 6.05. The summed E-state index contributed by atoms with van der Waals surface area (Å²) < 4.78 is 0. The highest BCUT2D eigenvalue weighted by Gasteiger charge is 2.11. The molecule has 0 saturated heterocycles. The molecule has 6 N–H and O–H groups in total. The van der Waals surface area contributed by atoms with Crippen molar-refractivity contribution in [3.05, 3.63) is 93.5 Å². The number of rotatable bonds is 8. The molecule has 0 spiro atoms. The zero-order valence-electron chi connectivity index (χ0n) is 20.2. The van der Waals surface area contributed by atoms with Gasteiger partial charge in [-0.2, -0.15) is 0 Å². The first-order valence-corrected chi connectivity index (χ1v) is 11.0. The Morgan fingerprint density at radius 2 is 1.06 bits per heavy atom. The highest BCUT2D eigenvalue weighted by atomic mass is 15.1. The van der Waals surface area contributed by atoms with Crippen LogP contribution in [0.1, 0.15) is 38.9 Å². The quantitative estimate of drug-likeness (QED) is 0.305. The second-order valence-corrected chi connectivity index (χ2v) is 8.85. The van der Waals surface area contributed by atoms with Gasteiger partial charge in [0.15, 0.2) is 0 Å². The second-order valence-electron chi connectivity index (χ2n) is 8.85. The average molecular weight is 443 g/mol. The SMILES string of the molecule is Cc1cc(N(C)Cc2ccc(C(=N)N)cc2C)cc(N(C)Cc2ccc(C(=N)N)cc2C)c1. The van der Waals surface area contributed by atoms with Crippen molar-refractivity contribution in [2.24, 2.45) is 11.5 Å². The van der Waals surface area contributed by atoms with E-state index in [9.17, 15) is 0 Å². The monoisotopic (exact) mass is 442 g/mol. The van der Waals surface area contributed by atoms with E-state index in [4.69, 9.17) is 22.3 Å². The molecule has 0 heterocycles. The Kier molecular flexibility index (Phi) is 7.07. The first kappa shape index (κ1) is 23.9. The molecule has 0 amide bonds. The molecule has 0 aliphatic carbocycles. The van der Waals surface area contributed by atoms with Crippen molar-refractivity contribution in [3.8, 4) is 0 Å². The van der Waals surface area contributed by atoms with Gasteiger partial charge >= 0.3 is 0 Å². The Hall–Kier alpha value is -3.80. The summed E-state index contributed by atoms with van der Waals surface area (Å²) in [6, 6.07) is 18.5. The van der Waals surface area contributed by atoms with Gasteiger partial charge in [-0.3, -0.25) is 10.8 Å². The highest BCUT2D eigenvalue weighted by Crippen LogP contribution is 2.27. The standard InChI is InChI=1S/C27H34N6/c1-17-10-24(32(4)15-22-8-6-20(26(28)29)12-18(22)2)14-25(11-17)33(5)16-23-9-7-21(27(30)31)13-19(23)3/h6-14H,15-16H2,1-5H3,(H3,28,29)(H3,30,31). The van der Waals surface area contributed by atoms with Crippen LogP contribution in [0.2, 0.25) is 0 Å². The maximum absolute atomic E-state index is 7.64. The minimum absolute atomic E-state index is 0.0931. The summed E-state index contributed by atoms with van der Waals surface area (Å²) in [5.41, 5.74) is 20.9. The Morgan fingerprint density at radius 3 is 1.39 bits per heavy atom. The number of nitrogens with zero attached hydrogens (tertiary/aromatic N) is 2. The van der Waals surface area contributed by atoms with E-state index in [2.05, 4.69) is 75.0 Å².